The van der Waals surface area contributed by atoms with Gasteiger partial charge in [0.1, 0.15) is 12.7 Å². The maximum Gasteiger partial charge on any atom is 0.462 e. The highest BCUT2D eigenvalue weighted by molar-refractivity contribution is 5.79. The third kappa shape index (κ3) is 9.35. The molecule has 1 rings (SSSR count). The quantitative estimate of drug-likeness (QED) is 0.0974. The molecule has 1 aliphatic heterocycles. The Morgan fingerprint density at radius 2 is 1.28 bits per heavy atom. The predicted molar refractivity (Wildman–Crippen MR) is 110 cm³/mol. The first-order chi connectivity index (χ1) is 20.4. The molecule has 0 aromatic heterocycles. The fourth-order valence-electron chi connectivity index (χ4n) is 2.96. The largest absolute Gasteiger partial charge is 0.462 e. The Hall–Kier alpha value is -1.96. The van der Waals surface area contributed by atoms with E-state index in [1.165, 1.54) is 4.74 Å². The van der Waals surface area contributed by atoms with Crippen LogP contribution in [0.5, 0.6) is 0 Å². The first-order valence-electron chi connectivity index (χ1n) is 12.2. The molecule has 274 valence electrons. The average Bonchev–Trinajstić information content (AvgIpc) is 3.24. The van der Waals surface area contributed by atoms with Gasteiger partial charge in [0.25, 0.3) is 0 Å². The van der Waals surface area contributed by atoms with Crippen LogP contribution >= 0.6 is 0 Å². The topological polar surface area (TPSA) is 81.7 Å². The zero-order chi connectivity index (χ0) is 36.3. The van der Waals surface area contributed by atoms with Crippen molar-refractivity contribution in [2.45, 2.75) is 87.0 Å². The van der Waals surface area contributed by atoms with Crippen molar-refractivity contribution in [1.82, 2.24) is 0 Å². The highest BCUT2D eigenvalue weighted by atomic mass is 19.4. The van der Waals surface area contributed by atoms with Gasteiger partial charge in [0.2, 0.25) is 5.79 Å². The van der Waals surface area contributed by atoms with Crippen molar-refractivity contribution in [2.75, 3.05) is 39.6 Å². The summed E-state index contributed by atoms with van der Waals surface area (Å²) < 4.78 is 253. The maximum absolute atomic E-state index is 14.6. The number of esters is 1. The summed E-state index contributed by atoms with van der Waals surface area (Å²) in [6, 6.07) is 0. The van der Waals surface area contributed by atoms with Gasteiger partial charge in [0.05, 0.1) is 26.4 Å². The number of carbonyl (C=O) groups excluding carboxylic acids is 1. The maximum atomic E-state index is 14.6. The Morgan fingerprint density at radius 3 is 1.76 bits per heavy atom. The summed E-state index contributed by atoms with van der Waals surface area (Å²) in [4.78, 5) is 11.9. The third-order valence-electron chi connectivity index (χ3n) is 5.40. The summed E-state index contributed by atoms with van der Waals surface area (Å²) in [5.41, 5.74) is 0. The van der Waals surface area contributed by atoms with E-state index >= 15 is 0 Å². The summed E-state index contributed by atoms with van der Waals surface area (Å²) in [7, 11) is 0. The molecule has 0 bridgehead atoms. The smallest absolute Gasteiger partial charge is 0.455 e. The molecule has 1 heterocycles. The predicted octanol–water partition coefficient (Wildman–Crippen LogP) is 6.37. The number of rotatable bonds is 17. The minimum atomic E-state index is -8.13. The molecular formula is C21H23F17O8. The first kappa shape index (κ1) is 42.1. The fraction of sp³-hybridized carbons (Fsp3) is 0.952. The van der Waals surface area contributed by atoms with Gasteiger partial charge in [-0.25, -0.2) is 4.79 Å². The lowest BCUT2D eigenvalue weighted by atomic mass is 10.2. The SMILES string of the molecule is CCCCOCCOCC1COC(C)(COC(=O)C(F)(OC(F)(F)C(F)(OC(F)(F)C(F)(F)C(F)(F)F)C(F)(F)F)C(F)(F)F)O1. The van der Waals surface area contributed by atoms with E-state index in [4.69, 9.17) is 18.9 Å². The second kappa shape index (κ2) is 14.3. The van der Waals surface area contributed by atoms with E-state index in [1.54, 1.807) is 0 Å². The van der Waals surface area contributed by atoms with Gasteiger partial charge in [0.15, 0.2) is 0 Å². The molecule has 0 aliphatic carbocycles. The summed E-state index contributed by atoms with van der Waals surface area (Å²) in [5, 5.41) is 0. The Labute approximate surface area is 246 Å². The molecule has 8 nitrogen and oxygen atoms in total. The molecule has 0 saturated carbocycles. The summed E-state index contributed by atoms with van der Waals surface area (Å²) in [6.45, 7) is 0.702. The van der Waals surface area contributed by atoms with Gasteiger partial charge in [-0.1, -0.05) is 13.3 Å². The van der Waals surface area contributed by atoms with Crippen molar-refractivity contribution in [1.29, 1.82) is 0 Å². The molecule has 25 heteroatoms. The third-order valence-corrected chi connectivity index (χ3v) is 5.40. The lowest BCUT2D eigenvalue weighted by Crippen LogP contribution is -2.68. The van der Waals surface area contributed by atoms with E-state index in [9.17, 15) is 79.4 Å². The van der Waals surface area contributed by atoms with Crippen molar-refractivity contribution in [3.8, 4) is 0 Å². The molecule has 46 heavy (non-hydrogen) atoms. The number of carbonyl (C=O) groups is 1. The number of hydrogen-bond acceptors (Lipinski definition) is 8. The second-order valence-electron chi connectivity index (χ2n) is 9.30. The summed E-state index contributed by atoms with van der Waals surface area (Å²) >= 11 is 0. The molecule has 0 aromatic carbocycles. The van der Waals surface area contributed by atoms with Crippen molar-refractivity contribution in [3.05, 3.63) is 0 Å². The van der Waals surface area contributed by atoms with Gasteiger partial charge >= 0.3 is 54.3 Å². The Balaban J connectivity index is 3.15. The van der Waals surface area contributed by atoms with Crippen LogP contribution in [0.2, 0.25) is 0 Å². The van der Waals surface area contributed by atoms with Crippen LogP contribution in [0.3, 0.4) is 0 Å². The highest BCUT2D eigenvalue weighted by Crippen LogP contribution is 2.56. The van der Waals surface area contributed by atoms with E-state index in [-0.39, 0.29) is 19.8 Å². The first-order valence-corrected chi connectivity index (χ1v) is 12.2. The lowest BCUT2D eigenvalue weighted by molar-refractivity contribution is -0.548. The minimum Gasteiger partial charge on any atom is -0.455 e. The number of alkyl halides is 17. The molecule has 0 N–H and O–H groups in total. The molecule has 1 fully saturated rings. The van der Waals surface area contributed by atoms with Gasteiger partial charge in [-0.15, -0.1) is 0 Å². The summed E-state index contributed by atoms with van der Waals surface area (Å²) in [6.07, 6.45) is -38.4. The van der Waals surface area contributed by atoms with Crippen LogP contribution in [0.4, 0.5) is 74.6 Å². The normalized spacial score (nSPS) is 23.2. The Kier molecular flexibility index (Phi) is 13.0. The van der Waals surface area contributed by atoms with Crippen molar-refractivity contribution < 1.29 is 113 Å². The number of ether oxygens (including phenoxy) is 7. The van der Waals surface area contributed by atoms with Gasteiger partial charge in [-0.05, 0) is 13.3 Å². The number of hydrogen-bond donors (Lipinski definition) is 0. The van der Waals surface area contributed by atoms with Crippen LogP contribution in [0.25, 0.3) is 0 Å². The fourth-order valence-corrected chi connectivity index (χ4v) is 2.96. The van der Waals surface area contributed by atoms with Crippen molar-refractivity contribution >= 4 is 5.97 Å². The lowest BCUT2D eigenvalue weighted by Gasteiger charge is -2.40. The molecule has 0 radical (unpaired) electrons. The van der Waals surface area contributed by atoms with E-state index < -0.39 is 79.5 Å². The molecule has 0 amide bonds. The van der Waals surface area contributed by atoms with E-state index in [1.807, 2.05) is 11.7 Å². The Morgan fingerprint density at radius 1 is 0.739 bits per heavy atom. The molecule has 0 spiro atoms. The van der Waals surface area contributed by atoms with Crippen LogP contribution in [-0.2, 0) is 38.0 Å². The number of halogens is 17. The van der Waals surface area contributed by atoms with E-state index in [2.05, 4.69) is 4.74 Å². The molecule has 0 aromatic rings. The standard InChI is InChI=1S/C21H23F17O8/c1-3-4-5-40-6-7-41-8-11-9-43-13(2,44-11)10-42-12(39)14(22,17(26,27)28)45-21(37,38)16(25,19(32,33)34)46-20(35,36)15(23,24)18(29,30)31/h11H,3-10H2,1-2H3. The van der Waals surface area contributed by atoms with Crippen LogP contribution in [-0.4, -0.2) is 106 Å². The molecular weight excluding hydrogens is 703 g/mol. The van der Waals surface area contributed by atoms with Gasteiger partial charge in [0, 0.05) is 6.61 Å². The van der Waals surface area contributed by atoms with Crippen molar-refractivity contribution in [2.24, 2.45) is 0 Å². The van der Waals surface area contributed by atoms with Crippen LogP contribution < -0.4 is 0 Å². The average molecular weight is 726 g/mol. The minimum absolute atomic E-state index is 0.00569. The molecule has 1 saturated heterocycles. The van der Waals surface area contributed by atoms with Gasteiger partial charge < -0.3 is 23.7 Å². The monoisotopic (exact) mass is 726 g/mol. The van der Waals surface area contributed by atoms with Crippen LogP contribution in [0.15, 0.2) is 0 Å². The van der Waals surface area contributed by atoms with Crippen LogP contribution in [0, 0.1) is 0 Å². The van der Waals surface area contributed by atoms with Crippen molar-refractivity contribution in [3.63, 3.8) is 0 Å². The van der Waals surface area contributed by atoms with E-state index in [0.29, 0.717) is 6.61 Å². The molecule has 4 atom stereocenters. The zero-order valence-corrected chi connectivity index (χ0v) is 22.9. The van der Waals surface area contributed by atoms with Crippen LogP contribution in [0.1, 0.15) is 26.7 Å². The van der Waals surface area contributed by atoms with Gasteiger partial charge in [-0.2, -0.15) is 74.6 Å². The number of unbranched alkanes of at least 4 members (excludes halogenated alkanes) is 1. The second-order valence-corrected chi connectivity index (χ2v) is 9.30. The summed E-state index contributed by atoms with van der Waals surface area (Å²) in [5.74, 6) is -29.2. The Bertz CT molecular complexity index is 1000. The van der Waals surface area contributed by atoms with Gasteiger partial charge in [-0.3, -0.25) is 9.47 Å². The molecule has 4 unspecified atom stereocenters. The zero-order valence-electron chi connectivity index (χ0n) is 22.9. The molecule has 1 aliphatic rings. The highest BCUT2D eigenvalue weighted by Gasteiger charge is 2.85. The van der Waals surface area contributed by atoms with E-state index in [0.717, 1.165) is 19.8 Å².